The fourth-order valence-electron chi connectivity index (χ4n) is 3.36. The van der Waals surface area contributed by atoms with Crippen LogP contribution in [0.25, 0.3) is 10.8 Å². The number of alkyl halides is 1. The summed E-state index contributed by atoms with van der Waals surface area (Å²) >= 11 is 1.50. The number of aliphatic hydroxyl groups is 3. The molecule has 1 aromatic heterocycles. The molecule has 1 saturated heterocycles. The van der Waals surface area contributed by atoms with Crippen molar-refractivity contribution in [1.82, 2.24) is 0 Å². The smallest absolute Gasteiger partial charge is 0.229 e. The molecule has 0 amide bonds. The van der Waals surface area contributed by atoms with Gasteiger partial charge in [0, 0.05) is 6.42 Å². The van der Waals surface area contributed by atoms with E-state index in [0.717, 1.165) is 21.2 Å². The lowest BCUT2D eigenvalue weighted by Crippen LogP contribution is -2.58. The van der Waals surface area contributed by atoms with E-state index in [4.69, 9.17) is 9.47 Å². The van der Waals surface area contributed by atoms with Gasteiger partial charge in [-0.1, -0.05) is 42.5 Å². The number of ether oxygens (including phenoxy) is 2. The van der Waals surface area contributed by atoms with E-state index in [-0.39, 0.29) is 0 Å². The zero-order valence-corrected chi connectivity index (χ0v) is 15.8. The molecule has 5 nitrogen and oxygen atoms in total. The first-order valence-electron chi connectivity index (χ1n) is 9.04. The van der Waals surface area contributed by atoms with Crippen molar-refractivity contribution in [3.05, 3.63) is 64.4 Å². The standard InChI is InChI=1S/C21H21FO5S/c22-18-16(11-23)27-21(20(25)19(18)24)26-15-7-8-28-17(15)10-12-5-6-13-3-1-2-4-14(13)9-12/h1-9,16,18-21,23-25H,10-11H2. The van der Waals surface area contributed by atoms with E-state index in [1.54, 1.807) is 6.07 Å². The molecule has 0 aliphatic carbocycles. The van der Waals surface area contributed by atoms with Gasteiger partial charge in [0.25, 0.3) is 0 Å². The van der Waals surface area contributed by atoms with Gasteiger partial charge in [-0.25, -0.2) is 4.39 Å². The molecule has 148 valence electrons. The Balaban J connectivity index is 1.52. The number of halogens is 1. The van der Waals surface area contributed by atoms with E-state index in [9.17, 15) is 19.7 Å². The van der Waals surface area contributed by atoms with Gasteiger partial charge in [-0.3, -0.25) is 0 Å². The van der Waals surface area contributed by atoms with Crippen LogP contribution in [0.5, 0.6) is 5.75 Å². The van der Waals surface area contributed by atoms with Crippen molar-refractivity contribution in [2.45, 2.75) is 37.2 Å². The van der Waals surface area contributed by atoms with Crippen molar-refractivity contribution in [1.29, 1.82) is 0 Å². The lowest BCUT2D eigenvalue weighted by Gasteiger charge is -2.38. The third kappa shape index (κ3) is 3.76. The van der Waals surface area contributed by atoms with Crippen LogP contribution in [0.1, 0.15) is 10.4 Å². The second-order valence-electron chi connectivity index (χ2n) is 6.84. The number of hydrogen-bond donors (Lipinski definition) is 3. The van der Waals surface area contributed by atoms with Crippen LogP contribution in [0, 0.1) is 0 Å². The Morgan fingerprint density at radius 1 is 1.04 bits per heavy atom. The molecule has 5 unspecified atom stereocenters. The molecule has 0 radical (unpaired) electrons. The van der Waals surface area contributed by atoms with Gasteiger partial charge in [-0.15, -0.1) is 11.3 Å². The fraction of sp³-hybridized carbons (Fsp3) is 0.333. The van der Waals surface area contributed by atoms with Crippen molar-refractivity contribution >= 4 is 22.1 Å². The maximum absolute atomic E-state index is 13.9. The third-order valence-corrected chi connectivity index (χ3v) is 5.83. The average Bonchev–Trinajstić information content (AvgIpc) is 3.15. The van der Waals surface area contributed by atoms with Gasteiger partial charge in [-0.05, 0) is 27.8 Å². The van der Waals surface area contributed by atoms with Gasteiger partial charge >= 0.3 is 0 Å². The predicted octanol–water partition coefficient (Wildman–Crippen LogP) is 2.65. The number of benzene rings is 2. The first-order valence-corrected chi connectivity index (χ1v) is 9.92. The van der Waals surface area contributed by atoms with Crippen molar-refractivity contribution in [3.63, 3.8) is 0 Å². The van der Waals surface area contributed by atoms with Gasteiger partial charge in [0.2, 0.25) is 6.29 Å². The van der Waals surface area contributed by atoms with Gasteiger partial charge in [0.05, 0.1) is 11.5 Å². The van der Waals surface area contributed by atoms with Crippen LogP contribution in [-0.4, -0.2) is 52.7 Å². The number of rotatable bonds is 5. The largest absolute Gasteiger partial charge is 0.461 e. The van der Waals surface area contributed by atoms with Gasteiger partial charge in [0.15, 0.2) is 6.17 Å². The molecule has 0 saturated carbocycles. The summed E-state index contributed by atoms with van der Waals surface area (Å²) in [6, 6.07) is 16.1. The van der Waals surface area contributed by atoms with Crippen LogP contribution in [0.2, 0.25) is 0 Å². The number of hydrogen-bond acceptors (Lipinski definition) is 6. The monoisotopic (exact) mass is 404 g/mol. The summed E-state index contributed by atoms with van der Waals surface area (Å²) in [5.74, 6) is 0.503. The van der Waals surface area contributed by atoms with Crippen molar-refractivity contribution in [2.75, 3.05) is 6.61 Å². The van der Waals surface area contributed by atoms with Gasteiger partial charge in [0.1, 0.15) is 24.1 Å². The second kappa shape index (κ2) is 8.14. The van der Waals surface area contributed by atoms with Gasteiger partial charge in [-0.2, -0.15) is 0 Å². The van der Waals surface area contributed by atoms with Crippen LogP contribution < -0.4 is 4.74 Å². The normalized spacial score (nSPS) is 27.8. The minimum atomic E-state index is -1.88. The SMILES string of the molecule is OCC1OC(Oc2ccsc2Cc2ccc3ccccc3c2)C(O)C(O)C1F. The zero-order valence-electron chi connectivity index (χ0n) is 14.9. The van der Waals surface area contributed by atoms with E-state index >= 15 is 0 Å². The summed E-state index contributed by atoms with van der Waals surface area (Å²) < 4.78 is 25.0. The molecule has 3 N–H and O–H groups in total. The highest BCUT2D eigenvalue weighted by Gasteiger charge is 2.46. The highest BCUT2D eigenvalue weighted by molar-refractivity contribution is 7.10. The molecule has 3 aromatic rings. The minimum absolute atomic E-state index is 0.503. The second-order valence-corrected chi connectivity index (χ2v) is 7.84. The summed E-state index contributed by atoms with van der Waals surface area (Å²) in [5, 5.41) is 33.4. The van der Waals surface area contributed by atoms with Crippen LogP contribution >= 0.6 is 11.3 Å². The summed E-state index contributed by atoms with van der Waals surface area (Å²) in [7, 11) is 0. The molecule has 1 fully saturated rings. The number of fused-ring (bicyclic) bond motifs is 1. The van der Waals surface area contributed by atoms with E-state index in [0.29, 0.717) is 12.2 Å². The molecule has 2 aromatic carbocycles. The molecule has 7 heteroatoms. The Labute approximate surface area is 165 Å². The molecule has 0 bridgehead atoms. The van der Waals surface area contributed by atoms with E-state index < -0.39 is 37.4 Å². The van der Waals surface area contributed by atoms with Crippen LogP contribution in [0.4, 0.5) is 4.39 Å². The Morgan fingerprint density at radius 2 is 1.82 bits per heavy atom. The highest BCUT2D eigenvalue weighted by Crippen LogP contribution is 2.32. The maximum atomic E-state index is 13.9. The molecule has 28 heavy (non-hydrogen) atoms. The lowest BCUT2D eigenvalue weighted by molar-refractivity contribution is -0.265. The summed E-state index contributed by atoms with van der Waals surface area (Å²) in [5.41, 5.74) is 1.10. The van der Waals surface area contributed by atoms with E-state index in [1.807, 2.05) is 17.5 Å². The Bertz CT molecular complexity index is 943. The first kappa shape index (κ1) is 19.3. The molecule has 0 spiro atoms. The van der Waals surface area contributed by atoms with Crippen LogP contribution in [0.3, 0.4) is 0 Å². The topological polar surface area (TPSA) is 79.2 Å². The summed E-state index contributed by atoms with van der Waals surface area (Å²) in [6.07, 6.45) is -6.99. The van der Waals surface area contributed by atoms with Crippen LogP contribution in [-0.2, 0) is 11.2 Å². The summed E-state index contributed by atoms with van der Waals surface area (Å²) in [4.78, 5) is 0.920. The number of aliphatic hydroxyl groups excluding tert-OH is 3. The summed E-state index contributed by atoms with van der Waals surface area (Å²) in [6.45, 7) is -0.613. The van der Waals surface area contributed by atoms with Crippen molar-refractivity contribution in [3.8, 4) is 5.75 Å². The average molecular weight is 404 g/mol. The van der Waals surface area contributed by atoms with Gasteiger partial charge < -0.3 is 24.8 Å². The van der Waals surface area contributed by atoms with E-state index in [2.05, 4.69) is 30.3 Å². The maximum Gasteiger partial charge on any atom is 0.229 e. The lowest BCUT2D eigenvalue weighted by atomic mass is 10.0. The Hall–Kier alpha value is -2.03. The molecule has 2 heterocycles. The molecule has 1 aliphatic rings. The molecule has 4 rings (SSSR count). The quantitative estimate of drug-likeness (QED) is 0.609. The third-order valence-electron chi connectivity index (χ3n) is 4.93. The Kier molecular flexibility index (Phi) is 5.61. The predicted molar refractivity (Wildman–Crippen MR) is 104 cm³/mol. The zero-order chi connectivity index (χ0) is 19.7. The highest BCUT2D eigenvalue weighted by atomic mass is 32.1. The van der Waals surface area contributed by atoms with Crippen molar-refractivity contribution in [2.24, 2.45) is 0 Å². The van der Waals surface area contributed by atoms with Crippen molar-refractivity contribution < 1.29 is 29.2 Å². The first-order chi connectivity index (χ1) is 13.6. The Morgan fingerprint density at radius 3 is 2.61 bits per heavy atom. The molecular formula is C21H21FO5S. The van der Waals surface area contributed by atoms with Crippen LogP contribution in [0.15, 0.2) is 53.9 Å². The number of thiophene rings is 1. The molecule has 1 aliphatic heterocycles. The van der Waals surface area contributed by atoms with E-state index in [1.165, 1.54) is 11.3 Å². The molecular weight excluding hydrogens is 383 g/mol. The minimum Gasteiger partial charge on any atom is -0.461 e. The molecule has 5 atom stereocenters. The fourth-order valence-corrected chi connectivity index (χ4v) is 4.20.